The van der Waals surface area contributed by atoms with Crippen molar-refractivity contribution in [1.82, 2.24) is 15.1 Å². The Morgan fingerprint density at radius 3 is 2.59 bits per heavy atom. The summed E-state index contributed by atoms with van der Waals surface area (Å²) in [5, 5.41) is 3.35. The molecule has 0 radical (unpaired) electrons. The lowest BCUT2D eigenvalue weighted by atomic mass is 10.0. The highest BCUT2D eigenvalue weighted by atomic mass is 16.2. The minimum Gasteiger partial charge on any atom is -0.339 e. The fourth-order valence-corrected chi connectivity index (χ4v) is 2.79. The molecule has 2 aliphatic heterocycles. The van der Waals surface area contributed by atoms with Crippen molar-refractivity contribution in [2.45, 2.75) is 38.6 Å². The second kappa shape index (κ2) is 6.36. The molecule has 98 valence electrons. The first-order chi connectivity index (χ1) is 8.31. The summed E-state index contributed by atoms with van der Waals surface area (Å²) in [5.41, 5.74) is 0. The smallest absolute Gasteiger partial charge is 0.239 e. The Balaban J connectivity index is 1.77. The highest BCUT2D eigenvalue weighted by molar-refractivity contribution is 5.82. The van der Waals surface area contributed by atoms with Gasteiger partial charge in [-0.05, 0) is 32.4 Å². The highest BCUT2D eigenvalue weighted by Crippen LogP contribution is 2.11. The summed E-state index contributed by atoms with van der Waals surface area (Å²) >= 11 is 0. The fraction of sp³-hybridized carbons (Fsp3) is 0.923. The van der Waals surface area contributed by atoms with Gasteiger partial charge in [-0.15, -0.1) is 0 Å². The molecular formula is C13H25N3O. The molecule has 1 N–H and O–H groups in total. The first kappa shape index (κ1) is 12.8. The van der Waals surface area contributed by atoms with Crippen LogP contribution in [-0.2, 0) is 4.79 Å². The molecule has 17 heavy (non-hydrogen) atoms. The van der Waals surface area contributed by atoms with Gasteiger partial charge in [0, 0.05) is 26.2 Å². The van der Waals surface area contributed by atoms with Crippen LogP contribution in [0, 0.1) is 0 Å². The van der Waals surface area contributed by atoms with Crippen molar-refractivity contribution >= 4 is 5.91 Å². The number of nitrogens with one attached hydrogen (secondary N) is 1. The van der Waals surface area contributed by atoms with Crippen LogP contribution in [0.5, 0.6) is 0 Å². The van der Waals surface area contributed by atoms with E-state index in [1.54, 1.807) is 0 Å². The lowest BCUT2D eigenvalue weighted by Gasteiger charge is -2.37. The van der Waals surface area contributed by atoms with Crippen molar-refractivity contribution in [3.8, 4) is 0 Å². The quantitative estimate of drug-likeness (QED) is 0.787. The second-order valence-corrected chi connectivity index (χ2v) is 5.17. The zero-order chi connectivity index (χ0) is 12.1. The van der Waals surface area contributed by atoms with Gasteiger partial charge < -0.3 is 10.2 Å². The summed E-state index contributed by atoms with van der Waals surface area (Å²) in [6.45, 7) is 8.31. The number of rotatable bonds is 3. The Hall–Kier alpha value is -0.610. The summed E-state index contributed by atoms with van der Waals surface area (Å²) in [4.78, 5) is 16.8. The van der Waals surface area contributed by atoms with Crippen molar-refractivity contribution in [1.29, 1.82) is 0 Å². The van der Waals surface area contributed by atoms with E-state index in [9.17, 15) is 4.79 Å². The standard InChI is InChI=1S/C13H25N3O/c1-2-7-15-8-10-16(11-9-15)13(17)12-5-3-4-6-14-12/h12,14H,2-11H2,1H3/t12-/m1/s1. The Morgan fingerprint density at radius 1 is 1.24 bits per heavy atom. The van der Waals surface area contributed by atoms with E-state index in [-0.39, 0.29) is 6.04 Å². The third kappa shape index (κ3) is 3.42. The van der Waals surface area contributed by atoms with Crippen LogP contribution < -0.4 is 5.32 Å². The number of hydrogen-bond donors (Lipinski definition) is 1. The van der Waals surface area contributed by atoms with Crippen molar-refractivity contribution in [2.75, 3.05) is 39.3 Å². The van der Waals surface area contributed by atoms with Crippen molar-refractivity contribution in [2.24, 2.45) is 0 Å². The van der Waals surface area contributed by atoms with E-state index < -0.39 is 0 Å². The Morgan fingerprint density at radius 2 is 2.00 bits per heavy atom. The van der Waals surface area contributed by atoms with Gasteiger partial charge in [-0.2, -0.15) is 0 Å². The van der Waals surface area contributed by atoms with Crippen LogP contribution in [0.1, 0.15) is 32.6 Å². The van der Waals surface area contributed by atoms with Crippen molar-refractivity contribution < 1.29 is 4.79 Å². The van der Waals surface area contributed by atoms with E-state index in [0.717, 1.165) is 39.1 Å². The molecule has 0 spiro atoms. The molecule has 0 aromatic heterocycles. The Bertz CT molecular complexity index is 243. The number of hydrogen-bond acceptors (Lipinski definition) is 3. The van der Waals surface area contributed by atoms with Crippen LogP contribution in [0.4, 0.5) is 0 Å². The Kier molecular flexibility index (Phi) is 4.80. The maximum Gasteiger partial charge on any atom is 0.239 e. The first-order valence-electron chi connectivity index (χ1n) is 7.06. The molecule has 1 atom stereocenters. The summed E-state index contributed by atoms with van der Waals surface area (Å²) < 4.78 is 0. The van der Waals surface area contributed by atoms with E-state index in [0.29, 0.717) is 5.91 Å². The molecule has 0 unspecified atom stereocenters. The molecule has 4 nitrogen and oxygen atoms in total. The number of nitrogens with zero attached hydrogens (tertiary/aromatic N) is 2. The van der Waals surface area contributed by atoms with Gasteiger partial charge in [-0.25, -0.2) is 0 Å². The molecule has 0 bridgehead atoms. The van der Waals surface area contributed by atoms with E-state index >= 15 is 0 Å². The summed E-state index contributed by atoms with van der Waals surface area (Å²) in [6, 6.07) is 0.0986. The number of piperidine rings is 1. The zero-order valence-corrected chi connectivity index (χ0v) is 11.0. The minimum absolute atomic E-state index is 0.0986. The van der Waals surface area contributed by atoms with E-state index in [1.165, 1.54) is 25.8 Å². The van der Waals surface area contributed by atoms with Gasteiger partial charge in [0.1, 0.15) is 0 Å². The van der Waals surface area contributed by atoms with Gasteiger partial charge in [0.2, 0.25) is 5.91 Å². The van der Waals surface area contributed by atoms with Gasteiger partial charge in [0.05, 0.1) is 6.04 Å². The summed E-state index contributed by atoms with van der Waals surface area (Å²) in [5.74, 6) is 0.334. The monoisotopic (exact) mass is 239 g/mol. The Labute approximate surface area is 104 Å². The van der Waals surface area contributed by atoms with Crippen LogP contribution in [0.3, 0.4) is 0 Å². The molecule has 0 aromatic carbocycles. The topological polar surface area (TPSA) is 35.6 Å². The van der Waals surface area contributed by atoms with Crippen molar-refractivity contribution in [3.05, 3.63) is 0 Å². The summed E-state index contributed by atoms with van der Waals surface area (Å²) in [7, 11) is 0. The summed E-state index contributed by atoms with van der Waals surface area (Å²) in [6.07, 6.45) is 4.64. The molecule has 2 fully saturated rings. The SMILES string of the molecule is CCCN1CCN(C(=O)[C@H]2CCCCN2)CC1. The van der Waals surface area contributed by atoms with Gasteiger partial charge >= 0.3 is 0 Å². The average molecular weight is 239 g/mol. The van der Waals surface area contributed by atoms with Crippen LogP contribution in [0.15, 0.2) is 0 Å². The molecule has 0 saturated carbocycles. The van der Waals surface area contributed by atoms with Gasteiger partial charge in [0.15, 0.2) is 0 Å². The molecular weight excluding hydrogens is 214 g/mol. The highest BCUT2D eigenvalue weighted by Gasteiger charge is 2.27. The molecule has 2 saturated heterocycles. The normalized spacial score (nSPS) is 27.1. The maximum atomic E-state index is 12.3. The lowest BCUT2D eigenvalue weighted by Crippen LogP contribution is -2.55. The van der Waals surface area contributed by atoms with E-state index in [1.807, 2.05) is 0 Å². The molecule has 1 amide bonds. The van der Waals surface area contributed by atoms with Crippen LogP contribution in [0.25, 0.3) is 0 Å². The van der Waals surface area contributed by atoms with Crippen molar-refractivity contribution in [3.63, 3.8) is 0 Å². The number of carbonyl (C=O) groups is 1. The average Bonchev–Trinajstić information content (AvgIpc) is 2.40. The van der Waals surface area contributed by atoms with Gasteiger partial charge in [-0.3, -0.25) is 9.69 Å². The van der Waals surface area contributed by atoms with E-state index in [4.69, 9.17) is 0 Å². The van der Waals surface area contributed by atoms with Crippen LogP contribution in [0.2, 0.25) is 0 Å². The zero-order valence-electron chi connectivity index (χ0n) is 11.0. The predicted octanol–water partition coefficient (Wildman–Crippen LogP) is 0.683. The number of amides is 1. The molecule has 0 aromatic rings. The first-order valence-corrected chi connectivity index (χ1v) is 7.06. The maximum absolute atomic E-state index is 12.3. The second-order valence-electron chi connectivity index (χ2n) is 5.17. The van der Waals surface area contributed by atoms with Gasteiger partial charge in [0.25, 0.3) is 0 Å². The lowest BCUT2D eigenvalue weighted by molar-refractivity contribution is -0.135. The predicted molar refractivity (Wildman–Crippen MR) is 69.0 cm³/mol. The molecule has 0 aliphatic carbocycles. The molecule has 2 rings (SSSR count). The minimum atomic E-state index is 0.0986. The molecule has 2 heterocycles. The van der Waals surface area contributed by atoms with Gasteiger partial charge in [-0.1, -0.05) is 13.3 Å². The van der Waals surface area contributed by atoms with Crippen LogP contribution >= 0.6 is 0 Å². The van der Waals surface area contributed by atoms with E-state index in [2.05, 4.69) is 22.0 Å². The van der Waals surface area contributed by atoms with Crippen LogP contribution in [-0.4, -0.2) is 61.0 Å². The molecule has 4 heteroatoms. The fourth-order valence-electron chi connectivity index (χ4n) is 2.79. The number of piperazine rings is 1. The number of carbonyl (C=O) groups excluding carboxylic acids is 1. The largest absolute Gasteiger partial charge is 0.339 e. The third-order valence-corrected chi connectivity index (χ3v) is 3.83. The molecule has 2 aliphatic rings. The third-order valence-electron chi connectivity index (χ3n) is 3.83.